The Morgan fingerprint density at radius 1 is 0.923 bits per heavy atom. The predicted octanol–water partition coefficient (Wildman–Crippen LogP) is 4.05. The van der Waals surface area contributed by atoms with Crippen LogP contribution in [0.15, 0.2) is 67.3 Å². The van der Waals surface area contributed by atoms with Gasteiger partial charge in [-0.2, -0.15) is 0 Å². The maximum atomic E-state index is 4.51. The summed E-state index contributed by atoms with van der Waals surface area (Å²) in [4.78, 5) is 17.5. The van der Waals surface area contributed by atoms with Crippen LogP contribution in [0.25, 0.3) is 22.2 Å². The van der Waals surface area contributed by atoms with Crippen molar-refractivity contribution in [2.24, 2.45) is 0 Å². The molecule has 0 fully saturated rings. The molecule has 0 unspecified atom stereocenters. The first-order valence-electron chi connectivity index (χ1n) is 8.61. The molecule has 26 heavy (non-hydrogen) atoms. The number of aryl methyl sites for hydroxylation is 1. The monoisotopic (exact) mass is 341 g/mol. The van der Waals surface area contributed by atoms with Gasteiger partial charge in [0.1, 0.15) is 12.1 Å². The van der Waals surface area contributed by atoms with Crippen LogP contribution in [-0.4, -0.2) is 26.5 Å². The number of fused-ring (bicyclic) bond motifs is 1. The van der Waals surface area contributed by atoms with Gasteiger partial charge in [-0.1, -0.05) is 24.3 Å². The number of nitrogens with zero attached hydrogens (tertiary/aromatic N) is 4. The van der Waals surface area contributed by atoms with Crippen molar-refractivity contribution in [2.75, 3.05) is 11.9 Å². The van der Waals surface area contributed by atoms with Crippen molar-refractivity contribution in [2.45, 2.75) is 13.3 Å². The Kier molecular flexibility index (Phi) is 4.51. The van der Waals surface area contributed by atoms with Crippen molar-refractivity contribution in [3.05, 3.63) is 78.5 Å². The number of pyridine rings is 2. The van der Waals surface area contributed by atoms with E-state index in [4.69, 9.17) is 0 Å². The third kappa shape index (κ3) is 3.52. The van der Waals surface area contributed by atoms with Crippen molar-refractivity contribution in [1.29, 1.82) is 0 Å². The lowest BCUT2D eigenvalue weighted by molar-refractivity contribution is 1.00. The highest BCUT2D eigenvalue weighted by Gasteiger charge is 2.04. The molecule has 0 saturated carbocycles. The van der Waals surface area contributed by atoms with E-state index in [1.165, 1.54) is 10.9 Å². The summed E-state index contributed by atoms with van der Waals surface area (Å²) in [5.41, 5.74) is 5.13. The summed E-state index contributed by atoms with van der Waals surface area (Å²) in [7, 11) is 0. The van der Waals surface area contributed by atoms with Gasteiger partial charge in [-0.25, -0.2) is 9.97 Å². The van der Waals surface area contributed by atoms with Gasteiger partial charge in [0.2, 0.25) is 0 Å². The zero-order chi connectivity index (χ0) is 17.8. The molecule has 0 aliphatic rings. The van der Waals surface area contributed by atoms with Crippen LogP contribution in [-0.2, 0) is 6.42 Å². The topological polar surface area (TPSA) is 63.6 Å². The number of benzene rings is 1. The molecular weight excluding hydrogens is 322 g/mol. The first-order valence-corrected chi connectivity index (χ1v) is 8.61. The van der Waals surface area contributed by atoms with Gasteiger partial charge in [0.15, 0.2) is 0 Å². The van der Waals surface area contributed by atoms with Crippen LogP contribution in [0.2, 0.25) is 0 Å². The molecule has 0 bridgehead atoms. The van der Waals surface area contributed by atoms with Crippen LogP contribution in [0.5, 0.6) is 0 Å². The van der Waals surface area contributed by atoms with Crippen LogP contribution in [0.1, 0.15) is 11.3 Å². The zero-order valence-corrected chi connectivity index (χ0v) is 14.6. The van der Waals surface area contributed by atoms with Crippen molar-refractivity contribution in [3.8, 4) is 11.3 Å². The second-order valence-electron chi connectivity index (χ2n) is 6.15. The van der Waals surface area contributed by atoms with E-state index in [-0.39, 0.29) is 0 Å². The van der Waals surface area contributed by atoms with Gasteiger partial charge >= 0.3 is 0 Å². The van der Waals surface area contributed by atoms with Crippen LogP contribution in [0, 0.1) is 6.92 Å². The van der Waals surface area contributed by atoms with Crippen molar-refractivity contribution in [1.82, 2.24) is 19.9 Å². The summed E-state index contributed by atoms with van der Waals surface area (Å²) < 4.78 is 0. The molecule has 4 rings (SSSR count). The fraction of sp³-hybridized carbons (Fsp3) is 0.143. The second-order valence-corrected chi connectivity index (χ2v) is 6.15. The summed E-state index contributed by atoms with van der Waals surface area (Å²) in [6.45, 7) is 2.75. The fourth-order valence-corrected chi connectivity index (χ4v) is 2.93. The third-order valence-electron chi connectivity index (χ3n) is 4.29. The largest absolute Gasteiger partial charge is 0.370 e. The summed E-state index contributed by atoms with van der Waals surface area (Å²) >= 11 is 0. The molecule has 0 aliphatic heterocycles. The van der Waals surface area contributed by atoms with Gasteiger partial charge in [-0.15, -0.1) is 0 Å². The van der Waals surface area contributed by atoms with Crippen LogP contribution in [0.4, 0.5) is 5.82 Å². The van der Waals surface area contributed by atoms with Gasteiger partial charge in [0, 0.05) is 41.6 Å². The van der Waals surface area contributed by atoms with Crippen LogP contribution in [0.3, 0.4) is 0 Å². The minimum atomic E-state index is 0.776. The Morgan fingerprint density at radius 2 is 1.85 bits per heavy atom. The van der Waals surface area contributed by atoms with Crippen molar-refractivity contribution >= 4 is 16.7 Å². The Labute approximate surface area is 152 Å². The normalized spacial score (nSPS) is 10.8. The van der Waals surface area contributed by atoms with Gasteiger partial charge in [0.25, 0.3) is 0 Å². The average Bonchev–Trinajstić information content (AvgIpc) is 2.69. The molecule has 5 nitrogen and oxygen atoms in total. The van der Waals surface area contributed by atoms with E-state index < -0.39 is 0 Å². The molecule has 3 aromatic heterocycles. The summed E-state index contributed by atoms with van der Waals surface area (Å²) in [5, 5.41) is 4.55. The van der Waals surface area contributed by atoms with E-state index in [0.29, 0.717) is 0 Å². The van der Waals surface area contributed by atoms with Gasteiger partial charge in [-0.3, -0.25) is 9.97 Å². The molecule has 0 amide bonds. The number of hydrogen-bond acceptors (Lipinski definition) is 5. The number of nitrogens with one attached hydrogen (secondary N) is 1. The minimum Gasteiger partial charge on any atom is -0.370 e. The third-order valence-corrected chi connectivity index (χ3v) is 4.29. The Hall–Kier alpha value is -3.34. The lowest BCUT2D eigenvalue weighted by atomic mass is 10.1. The maximum absolute atomic E-state index is 4.51. The Bertz CT molecular complexity index is 1020. The van der Waals surface area contributed by atoms with E-state index in [0.717, 1.165) is 41.3 Å². The smallest absolute Gasteiger partial charge is 0.129 e. The summed E-state index contributed by atoms with van der Waals surface area (Å²) in [6.07, 6.45) is 6.13. The highest BCUT2D eigenvalue weighted by atomic mass is 15.0. The molecule has 128 valence electrons. The predicted molar refractivity (Wildman–Crippen MR) is 104 cm³/mol. The molecule has 3 heterocycles. The Morgan fingerprint density at radius 3 is 2.73 bits per heavy atom. The minimum absolute atomic E-state index is 0.776. The number of aromatic nitrogens is 4. The molecule has 1 aromatic carbocycles. The summed E-state index contributed by atoms with van der Waals surface area (Å²) in [6, 6.07) is 16.3. The van der Waals surface area contributed by atoms with E-state index >= 15 is 0 Å². The van der Waals surface area contributed by atoms with Gasteiger partial charge in [-0.05, 0) is 37.1 Å². The number of para-hydroxylation sites is 1. The van der Waals surface area contributed by atoms with E-state index in [1.54, 1.807) is 6.33 Å². The zero-order valence-electron chi connectivity index (χ0n) is 14.6. The Balaban J connectivity index is 1.46. The molecule has 4 aromatic rings. The van der Waals surface area contributed by atoms with Crippen molar-refractivity contribution < 1.29 is 0 Å². The SMILES string of the molecule is Cc1ccc(-c2cc(NCCc3cccc4cccnc34)ncn2)cn1. The molecule has 0 aliphatic carbocycles. The van der Waals surface area contributed by atoms with Crippen LogP contribution >= 0.6 is 0 Å². The molecule has 0 saturated heterocycles. The lowest BCUT2D eigenvalue weighted by Crippen LogP contribution is -2.07. The molecule has 0 spiro atoms. The standard InChI is InChI=1S/C21H19N5/c1-15-7-8-18(13-24-15)19-12-20(26-14-25-19)22-11-9-17-5-2-4-16-6-3-10-23-21(16)17/h2-8,10,12-14H,9,11H2,1H3,(H,22,25,26). The number of rotatable bonds is 5. The average molecular weight is 341 g/mol. The quantitative estimate of drug-likeness (QED) is 0.593. The van der Waals surface area contributed by atoms with E-state index in [1.807, 2.05) is 43.6 Å². The lowest BCUT2D eigenvalue weighted by Gasteiger charge is -2.09. The molecular formula is C21H19N5. The molecule has 0 radical (unpaired) electrons. The summed E-state index contributed by atoms with van der Waals surface area (Å²) in [5.74, 6) is 0.809. The fourth-order valence-electron chi connectivity index (χ4n) is 2.93. The first-order chi connectivity index (χ1) is 12.8. The van der Waals surface area contributed by atoms with E-state index in [2.05, 4.69) is 49.5 Å². The second kappa shape index (κ2) is 7.27. The molecule has 0 atom stereocenters. The maximum Gasteiger partial charge on any atom is 0.129 e. The number of hydrogen-bond donors (Lipinski definition) is 1. The van der Waals surface area contributed by atoms with Gasteiger partial charge in [0.05, 0.1) is 11.2 Å². The van der Waals surface area contributed by atoms with Crippen molar-refractivity contribution in [3.63, 3.8) is 0 Å². The number of anilines is 1. The highest BCUT2D eigenvalue weighted by molar-refractivity contribution is 5.81. The van der Waals surface area contributed by atoms with E-state index in [9.17, 15) is 0 Å². The molecule has 5 heteroatoms. The molecule has 1 N–H and O–H groups in total. The van der Waals surface area contributed by atoms with Crippen LogP contribution < -0.4 is 5.32 Å². The first kappa shape index (κ1) is 16.1. The van der Waals surface area contributed by atoms with Gasteiger partial charge < -0.3 is 5.32 Å². The highest BCUT2D eigenvalue weighted by Crippen LogP contribution is 2.19.